The Bertz CT molecular complexity index is 732. The molecule has 0 amide bonds. The molecule has 1 aromatic heterocycles. The fourth-order valence-electron chi connectivity index (χ4n) is 2.28. The van der Waals surface area contributed by atoms with Crippen LogP contribution in [-0.2, 0) is 6.54 Å². The van der Waals surface area contributed by atoms with Crippen molar-refractivity contribution in [3.05, 3.63) is 58.9 Å². The van der Waals surface area contributed by atoms with Crippen LogP contribution in [0.25, 0.3) is 5.69 Å². The highest BCUT2D eigenvalue weighted by atomic mass is 32.2. The Morgan fingerprint density at radius 2 is 1.90 bits per heavy atom. The molecule has 98 valence electrons. The van der Waals surface area contributed by atoms with E-state index in [4.69, 9.17) is 0 Å². The lowest BCUT2D eigenvalue weighted by molar-refractivity contribution is 0.869. The molecule has 0 spiro atoms. The fraction of sp³-hybridized carbons (Fsp3) is 0.0714. The van der Waals surface area contributed by atoms with Gasteiger partial charge in [0.15, 0.2) is 5.82 Å². The maximum Gasteiger partial charge on any atom is 0.240 e. The molecule has 0 radical (unpaired) electrons. The average molecular weight is 281 g/mol. The third-order valence-corrected chi connectivity index (χ3v) is 3.74. The summed E-state index contributed by atoms with van der Waals surface area (Å²) in [6.45, 7) is 0.539. The largest absolute Gasteiger partial charge is 0.292 e. The summed E-state index contributed by atoms with van der Waals surface area (Å²) in [5.74, 6) is 1.63. The minimum Gasteiger partial charge on any atom is -0.292 e. The number of para-hydroxylation sites is 1. The molecule has 0 bridgehead atoms. The number of aliphatic imine (C=N–C) groups is 1. The Morgan fingerprint density at radius 3 is 2.80 bits per heavy atom. The number of hydrogen-bond acceptors (Lipinski definition) is 5. The first kappa shape index (κ1) is 11.5. The van der Waals surface area contributed by atoms with Crippen molar-refractivity contribution in [3.8, 4) is 5.69 Å². The first-order chi connectivity index (χ1) is 9.93. The van der Waals surface area contributed by atoms with Crippen molar-refractivity contribution in [2.24, 2.45) is 4.99 Å². The molecule has 0 unspecified atom stereocenters. The lowest BCUT2D eigenvalue weighted by Crippen LogP contribution is -2.15. The second kappa shape index (κ2) is 4.64. The van der Waals surface area contributed by atoms with Gasteiger partial charge in [-0.3, -0.25) is 14.5 Å². The standard InChI is InChI=1S/C14H11N5S/c1-2-4-12-11(3-1)9-15-10-13-16-17-14(19(12)13)18-5-7-20-8-6-18/h1-9H,10H2. The first-order valence-electron chi connectivity index (χ1n) is 6.24. The molecule has 2 aliphatic rings. The van der Waals surface area contributed by atoms with Gasteiger partial charge in [-0.2, -0.15) is 0 Å². The summed E-state index contributed by atoms with van der Waals surface area (Å²) in [5.41, 5.74) is 2.13. The van der Waals surface area contributed by atoms with Gasteiger partial charge in [-0.05, 0) is 16.9 Å². The number of fused-ring (bicyclic) bond motifs is 3. The molecule has 1 aromatic carbocycles. The van der Waals surface area contributed by atoms with Crippen LogP contribution in [-0.4, -0.2) is 21.0 Å². The minimum atomic E-state index is 0.539. The predicted octanol–water partition coefficient (Wildman–Crippen LogP) is 2.70. The molecule has 0 atom stereocenters. The van der Waals surface area contributed by atoms with Gasteiger partial charge in [0.05, 0.1) is 12.2 Å². The van der Waals surface area contributed by atoms with Crippen LogP contribution in [0, 0.1) is 0 Å². The zero-order valence-electron chi connectivity index (χ0n) is 10.5. The number of thioether (sulfide) groups is 1. The smallest absolute Gasteiger partial charge is 0.240 e. The average Bonchev–Trinajstić information content (AvgIpc) is 2.84. The van der Waals surface area contributed by atoms with Crippen molar-refractivity contribution in [1.29, 1.82) is 0 Å². The van der Waals surface area contributed by atoms with Crippen LogP contribution < -0.4 is 4.90 Å². The normalized spacial score (nSPS) is 15.9. The molecule has 5 nitrogen and oxygen atoms in total. The maximum atomic E-state index is 4.40. The van der Waals surface area contributed by atoms with Gasteiger partial charge in [-0.1, -0.05) is 18.2 Å². The van der Waals surface area contributed by atoms with E-state index in [-0.39, 0.29) is 0 Å². The number of aromatic nitrogens is 3. The summed E-state index contributed by atoms with van der Waals surface area (Å²) in [5, 5.41) is 12.6. The second-order valence-corrected chi connectivity index (χ2v) is 5.21. The van der Waals surface area contributed by atoms with E-state index < -0.39 is 0 Å². The molecule has 2 aliphatic heterocycles. The highest BCUT2D eigenvalue weighted by Crippen LogP contribution is 2.27. The highest BCUT2D eigenvalue weighted by molar-refractivity contribution is 8.04. The van der Waals surface area contributed by atoms with Crippen LogP contribution in [0.1, 0.15) is 11.4 Å². The topological polar surface area (TPSA) is 46.3 Å². The van der Waals surface area contributed by atoms with Crippen LogP contribution >= 0.6 is 11.8 Å². The van der Waals surface area contributed by atoms with Crippen LogP contribution in [0.5, 0.6) is 0 Å². The number of rotatable bonds is 1. The van der Waals surface area contributed by atoms with Crippen LogP contribution in [0.3, 0.4) is 0 Å². The van der Waals surface area contributed by atoms with E-state index >= 15 is 0 Å². The van der Waals surface area contributed by atoms with Gasteiger partial charge in [0.25, 0.3) is 0 Å². The van der Waals surface area contributed by atoms with Crippen molar-refractivity contribution < 1.29 is 0 Å². The number of nitrogens with zero attached hydrogens (tertiary/aromatic N) is 5. The maximum absolute atomic E-state index is 4.40. The van der Waals surface area contributed by atoms with E-state index in [1.165, 1.54) is 0 Å². The Balaban J connectivity index is 1.92. The monoisotopic (exact) mass is 281 g/mol. The molecule has 0 saturated carbocycles. The van der Waals surface area contributed by atoms with Gasteiger partial charge in [0, 0.05) is 24.2 Å². The molecule has 0 N–H and O–H groups in total. The van der Waals surface area contributed by atoms with E-state index in [9.17, 15) is 0 Å². The molecular formula is C14H11N5S. The first-order valence-corrected chi connectivity index (χ1v) is 7.18. The summed E-state index contributed by atoms with van der Waals surface area (Å²) < 4.78 is 2.06. The zero-order chi connectivity index (χ0) is 13.4. The van der Waals surface area contributed by atoms with Crippen molar-refractivity contribution in [3.63, 3.8) is 0 Å². The third kappa shape index (κ3) is 1.77. The number of anilines is 1. The lowest BCUT2D eigenvalue weighted by atomic mass is 10.2. The van der Waals surface area contributed by atoms with E-state index in [2.05, 4.69) is 31.9 Å². The molecule has 0 saturated heterocycles. The van der Waals surface area contributed by atoms with Gasteiger partial charge in [-0.25, -0.2) is 0 Å². The van der Waals surface area contributed by atoms with Gasteiger partial charge in [0.1, 0.15) is 0 Å². The molecular weight excluding hydrogens is 270 g/mol. The van der Waals surface area contributed by atoms with E-state index in [1.54, 1.807) is 11.8 Å². The van der Waals surface area contributed by atoms with Crippen molar-refractivity contribution in [2.45, 2.75) is 6.54 Å². The fourth-order valence-corrected chi connectivity index (χ4v) is 2.77. The Hall–Kier alpha value is -2.34. The summed E-state index contributed by atoms with van der Waals surface area (Å²) >= 11 is 1.64. The summed E-state index contributed by atoms with van der Waals surface area (Å²) in [4.78, 5) is 6.37. The van der Waals surface area contributed by atoms with Crippen molar-refractivity contribution >= 4 is 23.9 Å². The molecule has 2 aromatic rings. The Kier molecular flexibility index (Phi) is 2.67. The minimum absolute atomic E-state index is 0.539. The van der Waals surface area contributed by atoms with Gasteiger partial charge >= 0.3 is 0 Å². The van der Waals surface area contributed by atoms with Crippen LogP contribution in [0.2, 0.25) is 0 Å². The predicted molar refractivity (Wildman–Crippen MR) is 81.0 cm³/mol. The third-order valence-electron chi connectivity index (χ3n) is 3.18. The van der Waals surface area contributed by atoms with E-state index in [1.807, 2.05) is 46.5 Å². The molecule has 0 aliphatic carbocycles. The molecule has 4 rings (SSSR count). The van der Waals surface area contributed by atoms with E-state index in [0.717, 1.165) is 23.0 Å². The molecule has 0 fully saturated rings. The Morgan fingerprint density at radius 1 is 1.05 bits per heavy atom. The summed E-state index contributed by atoms with van der Waals surface area (Å²) in [7, 11) is 0. The molecule has 20 heavy (non-hydrogen) atoms. The van der Waals surface area contributed by atoms with Gasteiger partial charge in [-0.15, -0.1) is 22.0 Å². The van der Waals surface area contributed by atoms with Crippen LogP contribution in [0.15, 0.2) is 52.5 Å². The quantitative estimate of drug-likeness (QED) is 0.806. The molecule has 3 heterocycles. The van der Waals surface area contributed by atoms with Gasteiger partial charge < -0.3 is 0 Å². The summed E-state index contributed by atoms with van der Waals surface area (Å²) in [6, 6.07) is 8.14. The van der Waals surface area contributed by atoms with Gasteiger partial charge in [0.2, 0.25) is 5.95 Å². The lowest BCUT2D eigenvalue weighted by Gasteiger charge is -2.18. The van der Waals surface area contributed by atoms with Crippen LogP contribution in [0.4, 0.5) is 5.95 Å². The zero-order valence-corrected chi connectivity index (χ0v) is 11.4. The number of hydrogen-bond donors (Lipinski definition) is 0. The summed E-state index contributed by atoms with van der Waals surface area (Å²) in [6.07, 6.45) is 5.86. The number of benzene rings is 1. The second-order valence-electron chi connectivity index (χ2n) is 4.39. The highest BCUT2D eigenvalue weighted by Gasteiger charge is 2.20. The Labute approximate surface area is 120 Å². The van der Waals surface area contributed by atoms with Crippen molar-refractivity contribution in [2.75, 3.05) is 4.90 Å². The van der Waals surface area contributed by atoms with Crippen molar-refractivity contribution in [1.82, 2.24) is 14.8 Å². The molecule has 6 heteroatoms. The van der Waals surface area contributed by atoms with E-state index in [0.29, 0.717) is 6.54 Å². The SMILES string of the molecule is C1=CN(c2nnc3n2-c2ccccc2C=NC3)C=CS1.